The topological polar surface area (TPSA) is 61.0 Å². The lowest BCUT2D eigenvalue weighted by atomic mass is 9.85. The fraction of sp³-hybridized carbons (Fsp3) is 0.667. The van der Waals surface area contributed by atoms with E-state index in [2.05, 4.69) is 29.4 Å². The van der Waals surface area contributed by atoms with Gasteiger partial charge in [-0.05, 0) is 31.7 Å². The highest BCUT2D eigenvalue weighted by Gasteiger charge is 2.51. The molecule has 0 aromatic carbocycles. The highest BCUT2D eigenvalue weighted by Crippen LogP contribution is 2.41. The standard InChI is InChI=1S/C12H18N4O/c1-12(2)9-6-13-5-8(9)7-16(12)11(17)10-3-4-14-15-10/h3-4,8-9,13H,5-7H2,1-2H3,(H,14,15). The Hall–Kier alpha value is -1.36. The van der Waals surface area contributed by atoms with Gasteiger partial charge in [-0.2, -0.15) is 5.10 Å². The number of hydrogen-bond acceptors (Lipinski definition) is 3. The zero-order chi connectivity index (χ0) is 12.0. The summed E-state index contributed by atoms with van der Waals surface area (Å²) >= 11 is 0. The van der Waals surface area contributed by atoms with Crippen LogP contribution in [-0.4, -0.2) is 46.2 Å². The van der Waals surface area contributed by atoms with Gasteiger partial charge in [0.05, 0.1) is 0 Å². The summed E-state index contributed by atoms with van der Waals surface area (Å²) in [4.78, 5) is 14.4. The van der Waals surface area contributed by atoms with Crippen molar-refractivity contribution in [1.82, 2.24) is 20.4 Å². The van der Waals surface area contributed by atoms with Crippen LogP contribution in [0.25, 0.3) is 0 Å². The Kier molecular flexibility index (Phi) is 2.26. The van der Waals surface area contributed by atoms with Crippen molar-refractivity contribution in [3.8, 4) is 0 Å². The minimum atomic E-state index is -0.0731. The van der Waals surface area contributed by atoms with Crippen molar-refractivity contribution in [2.75, 3.05) is 19.6 Å². The summed E-state index contributed by atoms with van der Waals surface area (Å²) in [6, 6.07) is 1.74. The third kappa shape index (κ3) is 1.49. The van der Waals surface area contributed by atoms with E-state index < -0.39 is 0 Å². The van der Waals surface area contributed by atoms with Gasteiger partial charge in [0.2, 0.25) is 0 Å². The van der Waals surface area contributed by atoms with Crippen molar-refractivity contribution in [1.29, 1.82) is 0 Å². The molecule has 2 fully saturated rings. The minimum absolute atomic E-state index is 0.0712. The number of H-pyrrole nitrogens is 1. The van der Waals surface area contributed by atoms with Crippen LogP contribution in [0.4, 0.5) is 0 Å². The summed E-state index contributed by atoms with van der Waals surface area (Å²) in [5.41, 5.74) is 0.516. The van der Waals surface area contributed by atoms with Crippen LogP contribution in [0.5, 0.6) is 0 Å². The monoisotopic (exact) mass is 234 g/mol. The van der Waals surface area contributed by atoms with E-state index in [-0.39, 0.29) is 11.4 Å². The first kappa shape index (κ1) is 10.8. The van der Waals surface area contributed by atoms with E-state index in [0.717, 1.165) is 19.6 Å². The van der Waals surface area contributed by atoms with Crippen LogP contribution in [0.1, 0.15) is 24.3 Å². The molecule has 2 saturated heterocycles. The molecule has 2 atom stereocenters. The van der Waals surface area contributed by atoms with Crippen LogP contribution in [0.3, 0.4) is 0 Å². The molecule has 17 heavy (non-hydrogen) atoms. The molecule has 1 aromatic rings. The molecule has 2 unspecified atom stereocenters. The quantitative estimate of drug-likeness (QED) is 0.743. The zero-order valence-corrected chi connectivity index (χ0v) is 10.2. The number of aromatic nitrogens is 2. The number of rotatable bonds is 1. The SMILES string of the molecule is CC1(C)C2CNCC2CN1C(=O)c1ccn[nH]1. The van der Waals surface area contributed by atoms with Crippen molar-refractivity contribution in [2.45, 2.75) is 19.4 Å². The fourth-order valence-corrected chi connectivity index (χ4v) is 3.29. The van der Waals surface area contributed by atoms with E-state index in [4.69, 9.17) is 0 Å². The number of fused-ring (bicyclic) bond motifs is 1. The molecule has 5 heteroatoms. The molecule has 1 amide bonds. The van der Waals surface area contributed by atoms with Gasteiger partial charge in [0.15, 0.2) is 0 Å². The number of amides is 1. The van der Waals surface area contributed by atoms with E-state index in [1.165, 1.54) is 0 Å². The second-order valence-electron chi connectivity index (χ2n) is 5.56. The minimum Gasteiger partial charge on any atom is -0.332 e. The van der Waals surface area contributed by atoms with E-state index >= 15 is 0 Å². The molecule has 92 valence electrons. The van der Waals surface area contributed by atoms with Crippen molar-refractivity contribution in [3.05, 3.63) is 18.0 Å². The molecule has 1 aromatic heterocycles. The first-order valence-corrected chi connectivity index (χ1v) is 6.13. The van der Waals surface area contributed by atoms with Gasteiger partial charge in [0.25, 0.3) is 5.91 Å². The molecular formula is C12H18N4O. The Morgan fingerprint density at radius 3 is 3.00 bits per heavy atom. The first-order valence-electron chi connectivity index (χ1n) is 6.13. The van der Waals surface area contributed by atoms with Gasteiger partial charge in [-0.15, -0.1) is 0 Å². The second kappa shape index (κ2) is 3.57. The van der Waals surface area contributed by atoms with Crippen molar-refractivity contribution in [2.24, 2.45) is 11.8 Å². The molecule has 5 nitrogen and oxygen atoms in total. The van der Waals surface area contributed by atoms with E-state index in [1.54, 1.807) is 12.3 Å². The lowest BCUT2D eigenvalue weighted by Gasteiger charge is -2.35. The van der Waals surface area contributed by atoms with Gasteiger partial charge in [0, 0.05) is 31.4 Å². The third-order valence-electron chi connectivity index (χ3n) is 4.34. The Bertz CT molecular complexity index is 426. The maximum atomic E-state index is 12.4. The Labute approximate surface area is 101 Å². The van der Waals surface area contributed by atoms with Crippen LogP contribution in [0.2, 0.25) is 0 Å². The summed E-state index contributed by atoms with van der Waals surface area (Å²) in [6.07, 6.45) is 1.62. The fourth-order valence-electron chi connectivity index (χ4n) is 3.29. The molecule has 0 saturated carbocycles. The maximum absolute atomic E-state index is 12.4. The molecule has 2 aliphatic heterocycles. The van der Waals surface area contributed by atoms with Gasteiger partial charge >= 0.3 is 0 Å². The summed E-state index contributed by atoms with van der Waals surface area (Å²) in [5.74, 6) is 1.23. The molecule has 0 aliphatic carbocycles. The summed E-state index contributed by atoms with van der Waals surface area (Å²) in [7, 11) is 0. The van der Waals surface area contributed by atoms with Crippen LogP contribution in [0, 0.1) is 11.8 Å². The van der Waals surface area contributed by atoms with Crippen molar-refractivity contribution >= 4 is 5.91 Å². The predicted molar refractivity (Wildman–Crippen MR) is 63.6 cm³/mol. The van der Waals surface area contributed by atoms with Crippen LogP contribution < -0.4 is 5.32 Å². The highest BCUT2D eigenvalue weighted by molar-refractivity contribution is 5.93. The van der Waals surface area contributed by atoms with Gasteiger partial charge < -0.3 is 10.2 Å². The molecule has 3 rings (SSSR count). The molecule has 0 spiro atoms. The average Bonchev–Trinajstić information content (AvgIpc) is 2.97. The van der Waals surface area contributed by atoms with Gasteiger partial charge in [-0.25, -0.2) is 0 Å². The Morgan fingerprint density at radius 1 is 1.53 bits per heavy atom. The van der Waals surface area contributed by atoms with Crippen LogP contribution >= 0.6 is 0 Å². The van der Waals surface area contributed by atoms with Gasteiger partial charge in [0.1, 0.15) is 5.69 Å². The largest absolute Gasteiger partial charge is 0.332 e. The van der Waals surface area contributed by atoms with Crippen LogP contribution in [-0.2, 0) is 0 Å². The average molecular weight is 234 g/mol. The summed E-state index contributed by atoms with van der Waals surface area (Å²) < 4.78 is 0. The Morgan fingerprint density at radius 2 is 2.35 bits per heavy atom. The lowest BCUT2D eigenvalue weighted by molar-refractivity contribution is 0.0597. The number of likely N-dealkylation sites (tertiary alicyclic amines) is 1. The summed E-state index contributed by atoms with van der Waals surface area (Å²) in [5, 5.41) is 10.0. The van der Waals surface area contributed by atoms with Crippen molar-refractivity contribution < 1.29 is 4.79 Å². The van der Waals surface area contributed by atoms with E-state index in [9.17, 15) is 4.79 Å². The van der Waals surface area contributed by atoms with Crippen molar-refractivity contribution in [3.63, 3.8) is 0 Å². The highest BCUT2D eigenvalue weighted by atomic mass is 16.2. The van der Waals surface area contributed by atoms with Crippen LogP contribution in [0.15, 0.2) is 12.3 Å². The molecule has 3 heterocycles. The van der Waals surface area contributed by atoms with E-state index in [1.807, 2.05) is 4.90 Å². The molecule has 0 bridgehead atoms. The number of hydrogen-bond donors (Lipinski definition) is 2. The van der Waals surface area contributed by atoms with E-state index in [0.29, 0.717) is 17.5 Å². The number of nitrogens with zero attached hydrogens (tertiary/aromatic N) is 2. The zero-order valence-electron chi connectivity index (χ0n) is 10.2. The molecular weight excluding hydrogens is 216 g/mol. The number of carbonyl (C=O) groups is 1. The lowest BCUT2D eigenvalue weighted by Crippen LogP contribution is -2.47. The Balaban J connectivity index is 1.87. The molecule has 0 radical (unpaired) electrons. The van der Waals surface area contributed by atoms with Gasteiger partial charge in [-0.3, -0.25) is 9.89 Å². The van der Waals surface area contributed by atoms with Gasteiger partial charge in [-0.1, -0.05) is 0 Å². The smallest absolute Gasteiger partial charge is 0.272 e. The third-order valence-corrected chi connectivity index (χ3v) is 4.34. The second-order valence-corrected chi connectivity index (χ2v) is 5.56. The number of carbonyl (C=O) groups excluding carboxylic acids is 1. The number of aromatic amines is 1. The predicted octanol–water partition coefficient (Wildman–Crippen LogP) is 0.480. The summed E-state index contributed by atoms with van der Waals surface area (Å²) in [6.45, 7) is 7.23. The molecule has 2 aliphatic rings. The molecule has 2 N–H and O–H groups in total. The maximum Gasteiger partial charge on any atom is 0.272 e. The first-order chi connectivity index (χ1) is 8.10. The number of nitrogens with one attached hydrogen (secondary N) is 2. The normalized spacial score (nSPS) is 30.6.